The molecule has 0 aliphatic heterocycles. The van der Waals surface area contributed by atoms with Gasteiger partial charge in [-0.25, -0.2) is 4.98 Å². The molecule has 2 unspecified atom stereocenters. The molecule has 1 aromatic rings. The lowest BCUT2D eigenvalue weighted by atomic mass is 10.2. The first-order valence-corrected chi connectivity index (χ1v) is 4.67. The van der Waals surface area contributed by atoms with E-state index < -0.39 is 6.10 Å². The minimum absolute atomic E-state index is 0.331. The van der Waals surface area contributed by atoms with Crippen LogP contribution in [0.15, 0.2) is 18.3 Å². The van der Waals surface area contributed by atoms with Gasteiger partial charge in [0.2, 0.25) is 0 Å². The zero-order valence-electron chi connectivity index (χ0n) is 8.51. The molecule has 1 aromatic heterocycles. The van der Waals surface area contributed by atoms with E-state index in [9.17, 15) is 0 Å². The van der Waals surface area contributed by atoms with E-state index in [-0.39, 0.29) is 6.04 Å². The number of aliphatic hydroxyl groups is 1. The molecule has 0 saturated heterocycles. The maximum Gasteiger partial charge on any atom is 0.126 e. The number of anilines is 1. The Morgan fingerprint density at radius 1 is 1.67 bits per heavy atom. The molecule has 0 saturated carbocycles. The predicted octanol–water partition coefficient (Wildman–Crippen LogP) is 0.0733. The van der Waals surface area contributed by atoms with E-state index in [0.29, 0.717) is 17.9 Å². The molecule has 0 aromatic carbocycles. The van der Waals surface area contributed by atoms with Crippen molar-refractivity contribution < 1.29 is 5.11 Å². The second kappa shape index (κ2) is 5.29. The van der Waals surface area contributed by atoms with Gasteiger partial charge in [0.05, 0.1) is 11.7 Å². The number of rotatable bonds is 4. The fourth-order valence-electron chi connectivity index (χ4n) is 0.958. The molecule has 15 heavy (non-hydrogen) atoms. The van der Waals surface area contributed by atoms with Crippen LogP contribution >= 0.6 is 0 Å². The number of nitrogens with one attached hydrogen (secondary N) is 1. The zero-order chi connectivity index (χ0) is 11.3. The number of hydrogen-bond acceptors (Lipinski definition) is 5. The number of nitrogens with zero attached hydrogens (tertiary/aromatic N) is 2. The molecule has 5 heteroatoms. The fraction of sp³-hybridized carbons (Fsp3) is 0.400. The Balaban J connectivity index is 2.48. The molecule has 1 rings (SSSR count). The Labute approximate surface area is 88.6 Å². The van der Waals surface area contributed by atoms with Gasteiger partial charge in [-0.1, -0.05) is 0 Å². The molecule has 0 spiro atoms. The van der Waals surface area contributed by atoms with Gasteiger partial charge in [-0.05, 0) is 19.1 Å². The molecule has 2 atom stereocenters. The average Bonchev–Trinajstić information content (AvgIpc) is 2.26. The largest absolute Gasteiger partial charge is 0.392 e. The number of pyridine rings is 1. The van der Waals surface area contributed by atoms with Gasteiger partial charge in [-0.3, -0.25) is 0 Å². The maximum atomic E-state index is 9.15. The summed E-state index contributed by atoms with van der Waals surface area (Å²) >= 11 is 0. The van der Waals surface area contributed by atoms with E-state index in [0.717, 1.165) is 0 Å². The van der Waals surface area contributed by atoms with Gasteiger partial charge >= 0.3 is 0 Å². The Bertz CT molecular complexity index is 341. The Morgan fingerprint density at radius 3 is 2.87 bits per heavy atom. The lowest BCUT2D eigenvalue weighted by Crippen LogP contribution is -2.38. The molecule has 1 heterocycles. The average molecular weight is 206 g/mol. The second-order valence-corrected chi connectivity index (χ2v) is 3.33. The van der Waals surface area contributed by atoms with E-state index in [1.165, 1.54) is 6.20 Å². The summed E-state index contributed by atoms with van der Waals surface area (Å²) in [6, 6.07) is 5.02. The monoisotopic (exact) mass is 206 g/mol. The minimum Gasteiger partial charge on any atom is -0.392 e. The predicted molar refractivity (Wildman–Crippen MR) is 57.1 cm³/mol. The van der Waals surface area contributed by atoms with Crippen molar-refractivity contribution in [3.05, 3.63) is 23.9 Å². The van der Waals surface area contributed by atoms with Crippen LogP contribution in [-0.2, 0) is 0 Å². The van der Waals surface area contributed by atoms with Gasteiger partial charge in [0.1, 0.15) is 11.9 Å². The standard InChI is InChI=1S/C10H14N4O/c1-7(15)9(12)6-14-10-3-2-8(4-11)5-13-10/h2-3,5,7,9,15H,6,12H2,1H3,(H,13,14). The highest BCUT2D eigenvalue weighted by Gasteiger charge is 2.08. The molecular formula is C10H14N4O. The SMILES string of the molecule is CC(O)C(N)CNc1ccc(C#N)cn1. The van der Waals surface area contributed by atoms with Crippen molar-refractivity contribution in [1.29, 1.82) is 5.26 Å². The Kier molecular flexibility index (Phi) is 4.03. The van der Waals surface area contributed by atoms with Crippen LogP contribution in [0.2, 0.25) is 0 Å². The summed E-state index contributed by atoms with van der Waals surface area (Å²) in [4.78, 5) is 4.01. The van der Waals surface area contributed by atoms with Crippen molar-refractivity contribution in [1.82, 2.24) is 4.98 Å². The summed E-state index contributed by atoms with van der Waals surface area (Å²) < 4.78 is 0. The fourth-order valence-corrected chi connectivity index (χ4v) is 0.958. The van der Waals surface area contributed by atoms with Crippen molar-refractivity contribution in [2.24, 2.45) is 5.73 Å². The highest BCUT2D eigenvalue weighted by atomic mass is 16.3. The molecule has 4 N–H and O–H groups in total. The third-order valence-electron chi connectivity index (χ3n) is 2.03. The Morgan fingerprint density at radius 2 is 2.40 bits per heavy atom. The second-order valence-electron chi connectivity index (χ2n) is 3.33. The first-order chi connectivity index (χ1) is 7.13. The van der Waals surface area contributed by atoms with Gasteiger partial charge in [-0.15, -0.1) is 0 Å². The van der Waals surface area contributed by atoms with Crippen molar-refractivity contribution in [2.75, 3.05) is 11.9 Å². The van der Waals surface area contributed by atoms with Crippen LogP contribution < -0.4 is 11.1 Å². The molecule has 0 radical (unpaired) electrons. The molecule has 0 amide bonds. The zero-order valence-corrected chi connectivity index (χ0v) is 8.51. The van der Waals surface area contributed by atoms with E-state index in [1.54, 1.807) is 19.1 Å². The van der Waals surface area contributed by atoms with Gasteiger partial charge < -0.3 is 16.2 Å². The molecule has 0 fully saturated rings. The summed E-state index contributed by atoms with van der Waals surface area (Å²) in [6.07, 6.45) is 0.923. The Hall–Kier alpha value is -1.64. The highest BCUT2D eigenvalue weighted by molar-refractivity contribution is 5.39. The lowest BCUT2D eigenvalue weighted by Gasteiger charge is -2.15. The van der Waals surface area contributed by atoms with Crippen molar-refractivity contribution in [2.45, 2.75) is 19.1 Å². The van der Waals surface area contributed by atoms with E-state index in [1.807, 2.05) is 6.07 Å². The lowest BCUT2D eigenvalue weighted by molar-refractivity contribution is 0.168. The smallest absolute Gasteiger partial charge is 0.126 e. The summed E-state index contributed by atoms with van der Waals surface area (Å²) in [6.45, 7) is 2.08. The normalized spacial score (nSPS) is 14.0. The van der Waals surface area contributed by atoms with Crippen molar-refractivity contribution in [3.8, 4) is 6.07 Å². The summed E-state index contributed by atoms with van der Waals surface area (Å²) in [5.41, 5.74) is 6.14. The number of hydrogen-bond donors (Lipinski definition) is 3. The minimum atomic E-state index is -0.559. The molecule has 0 aliphatic carbocycles. The molecule has 80 valence electrons. The highest BCUT2D eigenvalue weighted by Crippen LogP contribution is 2.04. The van der Waals surface area contributed by atoms with E-state index in [4.69, 9.17) is 16.1 Å². The van der Waals surface area contributed by atoms with Crippen LogP contribution in [0.3, 0.4) is 0 Å². The van der Waals surface area contributed by atoms with Gasteiger partial charge in [0.25, 0.3) is 0 Å². The molecule has 5 nitrogen and oxygen atoms in total. The van der Waals surface area contributed by atoms with Crippen LogP contribution in [0.5, 0.6) is 0 Å². The number of nitriles is 1. The van der Waals surface area contributed by atoms with Crippen LogP contribution in [0.25, 0.3) is 0 Å². The number of aromatic nitrogens is 1. The summed E-state index contributed by atoms with van der Waals surface area (Å²) in [5, 5.41) is 20.7. The summed E-state index contributed by atoms with van der Waals surface area (Å²) in [5.74, 6) is 0.644. The maximum absolute atomic E-state index is 9.15. The molecular weight excluding hydrogens is 192 g/mol. The summed E-state index contributed by atoms with van der Waals surface area (Å²) in [7, 11) is 0. The van der Waals surface area contributed by atoms with Gasteiger partial charge in [0.15, 0.2) is 0 Å². The first-order valence-electron chi connectivity index (χ1n) is 4.67. The number of aliphatic hydroxyl groups excluding tert-OH is 1. The molecule has 0 aliphatic rings. The quantitative estimate of drug-likeness (QED) is 0.648. The van der Waals surface area contributed by atoms with Crippen LogP contribution in [0.1, 0.15) is 12.5 Å². The number of nitrogens with two attached hydrogens (primary N) is 1. The topological polar surface area (TPSA) is 95.0 Å². The molecule has 0 bridgehead atoms. The van der Waals surface area contributed by atoms with Crippen LogP contribution in [0, 0.1) is 11.3 Å². The van der Waals surface area contributed by atoms with Crippen LogP contribution in [-0.4, -0.2) is 28.8 Å². The first kappa shape index (κ1) is 11.4. The van der Waals surface area contributed by atoms with E-state index >= 15 is 0 Å². The third kappa shape index (κ3) is 3.54. The van der Waals surface area contributed by atoms with Crippen LogP contribution in [0.4, 0.5) is 5.82 Å². The third-order valence-corrected chi connectivity index (χ3v) is 2.03. The van der Waals surface area contributed by atoms with Gasteiger partial charge in [0, 0.05) is 18.8 Å². The van der Waals surface area contributed by atoms with E-state index in [2.05, 4.69) is 10.3 Å². The van der Waals surface area contributed by atoms with Gasteiger partial charge in [-0.2, -0.15) is 5.26 Å². The van der Waals surface area contributed by atoms with Crippen molar-refractivity contribution in [3.63, 3.8) is 0 Å². The van der Waals surface area contributed by atoms with Crippen molar-refractivity contribution >= 4 is 5.82 Å².